The van der Waals surface area contributed by atoms with Gasteiger partial charge in [0.1, 0.15) is 5.84 Å². The van der Waals surface area contributed by atoms with E-state index in [1.54, 1.807) is 43.5 Å². The van der Waals surface area contributed by atoms with E-state index < -0.39 is 11.6 Å². The Bertz CT molecular complexity index is 1480. The summed E-state index contributed by atoms with van der Waals surface area (Å²) in [6.45, 7) is 2.05. The van der Waals surface area contributed by atoms with Crippen LogP contribution >= 0.6 is 0 Å². The zero-order valence-electron chi connectivity index (χ0n) is 18.5. The lowest BCUT2D eigenvalue weighted by Gasteiger charge is -2.09. The molecule has 9 nitrogen and oxygen atoms in total. The fraction of sp³-hybridized carbons (Fsp3) is 0.120. The molecule has 0 aliphatic carbocycles. The number of nitrogens with zero attached hydrogens (tertiary/aromatic N) is 1. The molecule has 4 rings (SSSR count). The number of amidine groups is 1. The number of fused-ring (bicyclic) bond motifs is 1. The van der Waals surface area contributed by atoms with Crippen LogP contribution in [-0.4, -0.2) is 33.9 Å². The van der Waals surface area contributed by atoms with Gasteiger partial charge in [-0.2, -0.15) is 0 Å². The second-order valence-electron chi connectivity index (χ2n) is 8.00. The number of carbonyl (C=O) groups excluding carboxylic acids is 2. The molecule has 2 aromatic heterocycles. The molecule has 4 aromatic rings. The minimum atomic E-state index is -0.848. The first kappa shape index (κ1) is 22.5. The monoisotopic (exact) mass is 456 g/mol. The number of benzene rings is 2. The van der Waals surface area contributed by atoms with Gasteiger partial charge in [-0.05, 0) is 60.4 Å². The molecule has 2 aromatic carbocycles. The van der Waals surface area contributed by atoms with Crippen molar-refractivity contribution in [3.05, 3.63) is 93.5 Å². The van der Waals surface area contributed by atoms with Crippen molar-refractivity contribution >= 4 is 28.7 Å². The number of nitrogen functional groups attached to an aromatic ring is 1. The van der Waals surface area contributed by atoms with Crippen molar-refractivity contribution in [1.29, 1.82) is 5.41 Å². The van der Waals surface area contributed by atoms with Crippen LogP contribution < -0.4 is 22.3 Å². The van der Waals surface area contributed by atoms with E-state index in [0.29, 0.717) is 35.2 Å². The fourth-order valence-electron chi connectivity index (χ4n) is 3.82. The molecule has 172 valence electrons. The van der Waals surface area contributed by atoms with Crippen LogP contribution in [0.4, 0.5) is 4.79 Å². The van der Waals surface area contributed by atoms with Crippen LogP contribution in [0.15, 0.2) is 65.7 Å². The van der Waals surface area contributed by atoms with Crippen LogP contribution in [0.1, 0.15) is 27.0 Å². The highest BCUT2D eigenvalue weighted by Gasteiger charge is 2.11. The van der Waals surface area contributed by atoms with Gasteiger partial charge in [-0.3, -0.25) is 15.0 Å². The lowest BCUT2D eigenvalue weighted by atomic mass is 10.0. The first-order valence-electron chi connectivity index (χ1n) is 10.6. The van der Waals surface area contributed by atoms with Crippen molar-refractivity contribution in [2.24, 2.45) is 11.5 Å². The molecule has 0 radical (unpaired) electrons. The van der Waals surface area contributed by atoms with E-state index in [2.05, 4.69) is 10.3 Å². The summed E-state index contributed by atoms with van der Waals surface area (Å²) < 4.78 is 0.871. The SMILES string of the molecule is Cc1cc(-c2ccc(C(=O)NCCc3ccc4[nH]cc(C(=N)N)c4c3)cc2)cn(C(N)=O)c1=O. The van der Waals surface area contributed by atoms with E-state index in [4.69, 9.17) is 16.9 Å². The highest BCUT2D eigenvalue weighted by atomic mass is 16.2. The Labute approximate surface area is 194 Å². The minimum absolute atomic E-state index is 0.00345. The molecule has 2 amide bonds. The molecule has 34 heavy (non-hydrogen) atoms. The van der Waals surface area contributed by atoms with Crippen molar-refractivity contribution in [3.63, 3.8) is 0 Å². The van der Waals surface area contributed by atoms with Crippen molar-refractivity contribution in [1.82, 2.24) is 14.9 Å². The summed E-state index contributed by atoms with van der Waals surface area (Å²) in [6, 6.07) is 13.6. The highest BCUT2D eigenvalue weighted by molar-refractivity contribution is 6.07. The average molecular weight is 457 g/mol. The van der Waals surface area contributed by atoms with E-state index in [-0.39, 0.29) is 11.7 Å². The number of nitrogens with one attached hydrogen (secondary N) is 3. The molecule has 0 saturated carbocycles. The predicted molar refractivity (Wildman–Crippen MR) is 131 cm³/mol. The molecule has 0 saturated heterocycles. The van der Waals surface area contributed by atoms with Crippen LogP contribution in [0.5, 0.6) is 0 Å². The molecule has 0 unspecified atom stereocenters. The van der Waals surface area contributed by atoms with Gasteiger partial charge in [0.25, 0.3) is 11.5 Å². The van der Waals surface area contributed by atoms with Gasteiger partial charge < -0.3 is 21.8 Å². The summed E-state index contributed by atoms with van der Waals surface area (Å²) in [6.07, 6.45) is 3.73. The minimum Gasteiger partial charge on any atom is -0.384 e. The van der Waals surface area contributed by atoms with Crippen LogP contribution in [0.3, 0.4) is 0 Å². The Morgan fingerprint density at radius 3 is 2.47 bits per heavy atom. The number of amides is 2. The van der Waals surface area contributed by atoms with Gasteiger partial charge in [0.05, 0.1) is 0 Å². The van der Waals surface area contributed by atoms with Gasteiger partial charge >= 0.3 is 6.03 Å². The molecule has 0 bridgehead atoms. The zero-order chi connectivity index (χ0) is 24.4. The lowest BCUT2D eigenvalue weighted by molar-refractivity contribution is 0.0954. The summed E-state index contributed by atoms with van der Waals surface area (Å²) in [5, 5.41) is 11.5. The number of nitrogens with two attached hydrogens (primary N) is 2. The maximum Gasteiger partial charge on any atom is 0.325 e. The number of H-pyrrole nitrogens is 1. The molecular formula is C25H24N6O3. The summed E-state index contributed by atoms with van der Waals surface area (Å²) in [5.41, 5.74) is 15.3. The third-order valence-electron chi connectivity index (χ3n) is 5.65. The Morgan fingerprint density at radius 1 is 1.06 bits per heavy atom. The number of aryl methyl sites for hydroxylation is 1. The Balaban J connectivity index is 1.42. The fourth-order valence-corrected chi connectivity index (χ4v) is 3.82. The first-order valence-corrected chi connectivity index (χ1v) is 10.6. The Morgan fingerprint density at radius 2 is 1.79 bits per heavy atom. The van der Waals surface area contributed by atoms with Gasteiger partial charge in [0.2, 0.25) is 0 Å². The van der Waals surface area contributed by atoms with Crippen molar-refractivity contribution in [3.8, 4) is 11.1 Å². The van der Waals surface area contributed by atoms with E-state index in [0.717, 1.165) is 26.6 Å². The molecule has 7 N–H and O–H groups in total. The Hall–Kier alpha value is -4.66. The largest absolute Gasteiger partial charge is 0.384 e. The normalized spacial score (nSPS) is 10.9. The van der Waals surface area contributed by atoms with E-state index in [9.17, 15) is 14.4 Å². The molecule has 9 heteroatoms. The molecule has 0 aliphatic heterocycles. The van der Waals surface area contributed by atoms with Gasteiger partial charge in [0.15, 0.2) is 0 Å². The van der Waals surface area contributed by atoms with E-state index >= 15 is 0 Å². The van der Waals surface area contributed by atoms with Crippen LogP contribution in [0.2, 0.25) is 0 Å². The van der Waals surface area contributed by atoms with E-state index in [1.807, 2.05) is 18.2 Å². The summed E-state index contributed by atoms with van der Waals surface area (Å²) in [7, 11) is 0. The van der Waals surface area contributed by atoms with Gasteiger partial charge in [0, 0.05) is 46.5 Å². The number of carbonyl (C=O) groups is 2. The Kier molecular flexibility index (Phi) is 6.01. The maximum absolute atomic E-state index is 12.6. The first-order chi connectivity index (χ1) is 16.2. The lowest BCUT2D eigenvalue weighted by Crippen LogP contribution is -2.32. The highest BCUT2D eigenvalue weighted by Crippen LogP contribution is 2.21. The molecule has 0 fully saturated rings. The van der Waals surface area contributed by atoms with Crippen molar-refractivity contribution in [2.45, 2.75) is 13.3 Å². The third kappa shape index (κ3) is 4.44. The summed E-state index contributed by atoms with van der Waals surface area (Å²) in [4.78, 5) is 39.2. The number of primary amides is 1. The number of aromatic amines is 1. The van der Waals surface area contributed by atoms with Gasteiger partial charge in [-0.1, -0.05) is 18.2 Å². The molecule has 0 spiro atoms. The van der Waals surface area contributed by atoms with Crippen molar-refractivity contribution < 1.29 is 9.59 Å². The number of pyridine rings is 1. The average Bonchev–Trinajstić information content (AvgIpc) is 3.24. The molecular weight excluding hydrogens is 432 g/mol. The van der Waals surface area contributed by atoms with Crippen LogP contribution in [0, 0.1) is 12.3 Å². The predicted octanol–water partition coefficient (Wildman–Crippen LogP) is 2.49. The molecule has 0 aliphatic rings. The number of rotatable bonds is 6. The number of hydrogen-bond acceptors (Lipinski definition) is 4. The second kappa shape index (κ2) is 9.07. The third-order valence-corrected chi connectivity index (χ3v) is 5.65. The summed E-state index contributed by atoms with van der Waals surface area (Å²) >= 11 is 0. The smallest absolute Gasteiger partial charge is 0.325 e. The summed E-state index contributed by atoms with van der Waals surface area (Å²) in [5.74, 6) is -0.208. The van der Waals surface area contributed by atoms with Crippen molar-refractivity contribution in [2.75, 3.05) is 6.54 Å². The second-order valence-corrected chi connectivity index (χ2v) is 8.00. The standard InChI is InChI=1S/C25H24N6O3/c1-14-10-18(13-31(24(14)33)25(28)34)16-3-5-17(6-4-16)23(32)29-9-8-15-2-7-21-19(11-15)20(12-30-21)22(26)27/h2-7,10-13,30H,8-9H2,1H3,(H3,26,27)(H2,28,34)(H,29,32). The van der Waals surface area contributed by atoms with Gasteiger partial charge in [-0.15, -0.1) is 0 Å². The number of hydrogen-bond donors (Lipinski definition) is 5. The van der Waals surface area contributed by atoms with Crippen LogP contribution in [-0.2, 0) is 6.42 Å². The molecule has 2 heterocycles. The molecule has 0 atom stereocenters. The van der Waals surface area contributed by atoms with Crippen LogP contribution in [0.25, 0.3) is 22.0 Å². The topological polar surface area (TPSA) is 160 Å². The van der Waals surface area contributed by atoms with Gasteiger partial charge in [-0.25, -0.2) is 9.36 Å². The zero-order valence-corrected chi connectivity index (χ0v) is 18.5. The van der Waals surface area contributed by atoms with E-state index in [1.165, 1.54) is 6.20 Å². The quantitative estimate of drug-likeness (QED) is 0.223. The number of aromatic nitrogens is 2. The maximum atomic E-state index is 12.6.